The Kier molecular flexibility index (Phi) is 2.64. The minimum Gasteiger partial charge on any atom is -0.256 e. The fraction of sp³-hybridized carbons (Fsp3) is 0.0714. The molecule has 15 heavy (non-hydrogen) atoms. The van der Waals surface area contributed by atoms with Crippen molar-refractivity contribution in [3.8, 4) is 0 Å². The van der Waals surface area contributed by atoms with Crippen LogP contribution in [-0.2, 0) is 0 Å². The van der Waals surface area contributed by atoms with Crippen molar-refractivity contribution in [3.63, 3.8) is 0 Å². The molecule has 0 N–H and O–H groups in total. The highest BCUT2D eigenvalue weighted by Crippen LogP contribution is 2.17. The molecule has 74 valence electrons. The second-order valence-corrected chi connectivity index (χ2v) is 3.60. The van der Waals surface area contributed by atoms with E-state index in [1.807, 2.05) is 43.5 Å². The molecule has 2 aromatic rings. The lowest BCUT2D eigenvalue weighted by atomic mass is 10.1. The molecule has 0 radical (unpaired) electrons. The molecule has 2 rings (SSSR count). The molecule has 1 heterocycles. The third-order valence-corrected chi connectivity index (χ3v) is 2.23. The molecule has 0 spiro atoms. The van der Waals surface area contributed by atoms with Gasteiger partial charge >= 0.3 is 0 Å². The van der Waals surface area contributed by atoms with Gasteiger partial charge in [-0.05, 0) is 24.6 Å². The standard InChI is InChI=1S/C14H13N/c1-11(2)7-8-12-9-10-15-14-6-4-3-5-13(12)14/h3-10H,1H2,2H3. The van der Waals surface area contributed by atoms with E-state index in [2.05, 4.69) is 23.7 Å². The van der Waals surface area contributed by atoms with E-state index in [9.17, 15) is 0 Å². The predicted molar refractivity (Wildman–Crippen MR) is 65.6 cm³/mol. The molecule has 0 amide bonds. The fourth-order valence-electron chi connectivity index (χ4n) is 1.50. The first-order chi connectivity index (χ1) is 7.27. The second-order valence-electron chi connectivity index (χ2n) is 3.60. The molecule has 1 aromatic carbocycles. The van der Waals surface area contributed by atoms with Crippen LogP contribution in [0.1, 0.15) is 12.5 Å². The summed E-state index contributed by atoms with van der Waals surface area (Å²) in [5, 5.41) is 1.18. The number of aromatic nitrogens is 1. The molecule has 0 bridgehead atoms. The van der Waals surface area contributed by atoms with E-state index < -0.39 is 0 Å². The number of hydrogen-bond donors (Lipinski definition) is 0. The zero-order valence-electron chi connectivity index (χ0n) is 8.77. The van der Waals surface area contributed by atoms with Crippen LogP contribution >= 0.6 is 0 Å². The van der Waals surface area contributed by atoms with Crippen molar-refractivity contribution >= 4 is 17.0 Å². The van der Waals surface area contributed by atoms with Crippen molar-refractivity contribution in [1.29, 1.82) is 0 Å². The van der Waals surface area contributed by atoms with Gasteiger partial charge in [0, 0.05) is 11.6 Å². The lowest BCUT2D eigenvalue weighted by Crippen LogP contribution is -1.81. The Labute approximate surface area is 89.8 Å². The summed E-state index contributed by atoms with van der Waals surface area (Å²) in [5.74, 6) is 0. The van der Waals surface area contributed by atoms with Gasteiger partial charge in [-0.3, -0.25) is 4.98 Å². The van der Waals surface area contributed by atoms with E-state index in [4.69, 9.17) is 0 Å². The maximum atomic E-state index is 4.31. The first kappa shape index (κ1) is 9.66. The molecule has 0 aliphatic heterocycles. The number of hydrogen-bond acceptors (Lipinski definition) is 1. The van der Waals surface area contributed by atoms with Crippen molar-refractivity contribution in [1.82, 2.24) is 4.98 Å². The van der Waals surface area contributed by atoms with Crippen LogP contribution in [0, 0.1) is 0 Å². The van der Waals surface area contributed by atoms with Crippen molar-refractivity contribution in [2.45, 2.75) is 6.92 Å². The normalized spacial score (nSPS) is 11.0. The Morgan fingerprint density at radius 3 is 2.87 bits per heavy atom. The lowest BCUT2D eigenvalue weighted by Gasteiger charge is -2.00. The molecule has 1 aromatic heterocycles. The molecule has 0 fully saturated rings. The quantitative estimate of drug-likeness (QED) is 0.664. The Bertz CT molecular complexity index is 518. The fourth-order valence-corrected chi connectivity index (χ4v) is 1.50. The first-order valence-electron chi connectivity index (χ1n) is 4.95. The minimum atomic E-state index is 1.03. The summed E-state index contributed by atoms with van der Waals surface area (Å²) in [7, 11) is 0. The molecule has 1 heteroatoms. The number of pyridine rings is 1. The van der Waals surface area contributed by atoms with Gasteiger partial charge in [0.25, 0.3) is 0 Å². The number of fused-ring (bicyclic) bond motifs is 1. The molecule has 1 nitrogen and oxygen atoms in total. The van der Waals surface area contributed by atoms with Gasteiger partial charge in [0.1, 0.15) is 0 Å². The number of benzene rings is 1. The van der Waals surface area contributed by atoms with Crippen LogP contribution in [0.2, 0.25) is 0 Å². The van der Waals surface area contributed by atoms with Gasteiger partial charge in [-0.2, -0.15) is 0 Å². The van der Waals surface area contributed by atoms with Gasteiger partial charge in [0.2, 0.25) is 0 Å². The zero-order chi connectivity index (χ0) is 10.7. The zero-order valence-corrected chi connectivity index (χ0v) is 8.77. The van der Waals surface area contributed by atoms with E-state index >= 15 is 0 Å². The summed E-state index contributed by atoms with van der Waals surface area (Å²) < 4.78 is 0. The van der Waals surface area contributed by atoms with E-state index in [1.54, 1.807) is 0 Å². The van der Waals surface area contributed by atoms with Gasteiger partial charge in [-0.25, -0.2) is 0 Å². The van der Waals surface area contributed by atoms with E-state index in [0.717, 1.165) is 11.1 Å². The minimum absolute atomic E-state index is 1.03. The maximum absolute atomic E-state index is 4.31. The highest BCUT2D eigenvalue weighted by Gasteiger charge is 1.96. The summed E-state index contributed by atoms with van der Waals surface area (Å²) in [6, 6.07) is 10.2. The number of nitrogens with zero attached hydrogens (tertiary/aromatic N) is 1. The molecule has 0 unspecified atom stereocenters. The topological polar surface area (TPSA) is 12.9 Å². The van der Waals surface area contributed by atoms with Gasteiger partial charge in [-0.15, -0.1) is 0 Å². The van der Waals surface area contributed by atoms with Gasteiger partial charge in [0.05, 0.1) is 5.52 Å². The average Bonchev–Trinajstić information content (AvgIpc) is 2.26. The van der Waals surface area contributed by atoms with Crippen LogP contribution in [0.25, 0.3) is 17.0 Å². The summed E-state index contributed by atoms with van der Waals surface area (Å²) in [5.41, 5.74) is 3.26. The Morgan fingerprint density at radius 1 is 1.27 bits per heavy atom. The highest BCUT2D eigenvalue weighted by molar-refractivity contribution is 5.87. The number of para-hydroxylation sites is 1. The Morgan fingerprint density at radius 2 is 2.07 bits per heavy atom. The second kappa shape index (κ2) is 4.09. The van der Waals surface area contributed by atoms with Crippen LogP contribution in [0.15, 0.2) is 54.8 Å². The molecule has 0 saturated heterocycles. The van der Waals surface area contributed by atoms with Crippen LogP contribution in [0.5, 0.6) is 0 Å². The molecule has 0 aliphatic rings. The Balaban J connectivity index is 2.56. The lowest BCUT2D eigenvalue weighted by molar-refractivity contribution is 1.40. The van der Waals surface area contributed by atoms with Gasteiger partial charge in [-0.1, -0.05) is 42.5 Å². The number of allylic oxidation sites excluding steroid dienone is 2. The highest BCUT2D eigenvalue weighted by atomic mass is 14.6. The van der Waals surface area contributed by atoms with Gasteiger partial charge in [0.15, 0.2) is 0 Å². The van der Waals surface area contributed by atoms with Gasteiger partial charge < -0.3 is 0 Å². The van der Waals surface area contributed by atoms with Crippen LogP contribution in [-0.4, -0.2) is 4.98 Å². The van der Waals surface area contributed by atoms with Crippen molar-refractivity contribution in [3.05, 3.63) is 60.3 Å². The van der Waals surface area contributed by atoms with E-state index in [0.29, 0.717) is 0 Å². The van der Waals surface area contributed by atoms with E-state index in [1.165, 1.54) is 10.9 Å². The van der Waals surface area contributed by atoms with Crippen LogP contribution < -0.4 is 0 Å². The summed E-state index contributed by atoms with van der Waals surface area (Å²) >= 11 is 0. The van der Waals surface area contributed by atoms with Crippen LogP contribution in [0.3, 0.4) is 0 Å². The molecule has 0 atom stereocenters. The monoisotopic (exact) mass is 195 g/mol. The Hall–Kier alpha value is -1.89. The van der Waals surface area contributed by atoms with Crippen molar-refractivity contribution < 1.29 is 0 Å². The van der Waals surface area contributed by atoms with Crippen molar-refractivity contribution in [2.24, 2.45) is 0 Å². The smallest absolute Gasteiger partial charge is 0.0707 e. The molecular weight excluding hydrogens is 182 g/mol. The van der Waals surface area contributed by atoms with E-state index in [-0.39, 0.29) is 0 Å². The SMILES string of the molecule is C=C(C)C=Cc1ccnc2ccccc12. The third kappa shape index (κ3) is 2.13. The first-order valence-corrected chi connectivity index (χ1v) is 4.95. The molecule has 0 saturated carbocycles. The maximum Gasteiger partial charge on any atom is 0.0707 e. The third-order valence-electron chi connectivity index (χ3n) is 2.23. The largest absolute Gasteiger partial charge is 0.256 e. The molecular formula is C14H13N. The summed E-state index contributed by atoms with van der Waals surface area (Å²) in [4.78, 5) is 4.31. The van der Waals surface area contributed by atoms with Crippen LogP contribution in [0.4, 0.5) is 0 Å². The summed E-state index contributed by atoms with van der Waals surface area (Å²) in [6.07, 6.45) is 5.93. The van der Waals surface area contributed by atoms with Crippen molar-refractivity contribution in [2.75, 3.05) is 0 Å². The average molecular weight is 195 g/mol. The number of rotatable bonds is 2. The molecule has 0 aliphatic carbocycles. The summed E-state index contributed by atoms with van der Waals surface area (Å²) in [6.45, 7) is 5.83. The predicted octanol–water partition coefficient (Wildman–Crippen LogP) is 3.82.